The van der Waals surface area contributed by atoms with E-state index >= 15 is 0 Å². The fourth-order valence-electron chi connectivity index (χ4n) is 3.67. The third-order valence-corrected chi connectivity index (χ3v) is 6.05. The molecule has 0 spiro atoms. The number of hydrogen-bond donors (Lipinski definition) is 0. The normalized spacial score (nSPS) is 16.9. The predicted octanol–water partition coefficient (Wildman–Crippen LogP) is 4.43. The molecule has 1 saturated carbocycles. The fourth-order valence-corrected chi connectivity index (χ4v) is 4.52. The maximum absolute atomic E-state index is 13.0. The summed E-state index contributed by atoms with van der Waals surface area (Å²) in [5, 5.41) is 9.33. The molecule has 4 rings (SSSR count). The minimum absolute atomic E-state index is 0.201. The molecule has 0 atom stereocenters. The van der Waals surface area contributed by atoms with Crippen molar-refractivity contribution in [2.45, 2.75) is 63.6 Å². The standard InChI is InChI=1S/C21H26N4OS/c1-15-7-6-10-19(13-15)24-16(2)22-23-21(24)27-14-20(26)25(18-11-12-18)17-8-4-3-5-9-17/h6-8,10,13,18H,3-5,9,11-12,14H2,1-2H3. The van der Waals surface area contributed by atoms with E-state index in [9.17, 15) is 4.79 Å². The Bertz CT molecular complexity index is 869. The third-order valence-electron chi connectivity index (χ3n) is 5.14. The number of thioether (sulfide) groups is 1. The Kier molecular flexibility index (Phi) is 5.34. The van der Waals surface area contributed by atoms with Gasteiger partial charge in [-0.2, -0.15) is 0 Å². The number of rotatable bonds is 6. The second kappa shape index (κ2) is 7.89. The van der Waals surface area contributed by atoms with Gasteiger partial charge in [-0.15, -0.1) is 10.2 Å². The summed E-state index contributed by atoms with van der Waals surface area (Å²) in [5.74, 6) is 1.44. The van der Waals surface area contributed by atoms with Gasteiger partial charge in [0.25, 0.3) is 0 Å². The van der Waals surface area contributed by atoms with E-state index in [1.165, 1.54) is 35.9 Å². The quantitative estimate of drug-likeness (QED) is 0.694. The van der Waals surface area contributed by atoms with Crippen molar-refractivity contribution >= 4 is 17.7 Å². The summed E-state index contributed by atoms with van der Waals surface area (Å²) in [6.45, 7) is 4.02. The maximum Gasteiger partial charge on any atom is 0.237 e. The molecule has 0 saturated heterocycles. The number of carbonyl (C=O) groups excluding carboxylic acids is 1. The van der Waals surface area contributed by atoms with Crippen LogP contribution in [-0.4, -0.2) is 37.4 Å². The van der Waals surface area contributed by atoms with Crippen molar-refractivity contribution in [2.75, 3.05) is 5.75 Å². The summed E-state index contributed by atoms with van der Waals surface area (Å²) in [6.07, 6.45) is 9.09. The molecule has 2 aliphatic rings. The Morgan fingerprint density at radius 2 is 2.11 bits per heavy atom. The van der Waals surface area contributed by atoms with Crippen LogP contribution in [-0.2, 0) is 4.79 Å². The van der Waals surface area contributed by atoms with Crippen LogP contribution < -0.4 is 0 Å². The minimum Gasteiger partial charge on any atom is -0.313 e. The number of benzene rings is 1. The van der Waals surface area contributed by atoms with Crippen LogP contribution in [0.2, 0.25) is 0 Å². The Morgan fingerprint density at radius 3 is 2.81 bits per heavy atom. The highest BCUT2D eigenvalue weighted by Gasteiger charge is 2.35. The first-order valence-corrected chi connectivity index (χ1v) is 10.7. The van der Waals surface area contributed by atoms with Crippen molar-refractivity contribution in [1.82, 2.24) is 19.7 Å². The lowest BCUT2D eigenvalue weighted by Gasteiger charge is -2.27. The second-order valence-electron chi connectivity index (χ2n) is 7.43. The number of amides is 1. The zero-order valence-corrected chi connectivity index (χ0v) is 16.8. The Labute approximate surface area is 164 Å². The van der Waals surface area contributed by atoms with Gasteiger partial charge < -0.3 is 4.90 Å². The number of nitrogens with zero attached hydrogens (tertiary/aromatic N) is 4. The molecule has 0 unspecified atom stereocenters. The third kappa shape index (κ3) is 4.10. The molecule has 1 heterocycles. The summed E-state index contributed by atoms with van der Waals surface area (Å²) in [6, 6.07) is 8.70. The first kappa shape index (κ1) is 18.3. The highest BCUT2D eigenvalue weighted by Crippen LogP contribution is 2.34. The van der Waals surface area contributed by atoms with Gasteiger partial charge in [0.1, 0.15) is 5.82 Å². The largest absolute Gasteiger partial charge is 0.313 e. The summed E-state index contributed by atoms with van der Waals surface area (Å²) in [7, 11) is 0. The van der Waals surface area contributed by atoms with Crippen LogP contribution >= 0.6 is 11.8 Å². The molecule has 1 fully saturated rings. The molecule has 1 amide bonds. The maximum atomic E-state index is 13.0. The van der Waals surface area contributed by atoms with E-state index in [1.807, 2.05) is 17.6 Å². The van der Waals surface area contributed by atoms with Gasteiger partial charge in [0.05, 0.1) is 5.75 Å². The molecule has 5 nitrogen and oxygen atoms in total. The topological polar surface area (TPSA) is 51.0 Å². The van der Waals surface area contributed by atoms with Crippen molar-refractivity contribution in [3.8, 4) is 5.69 Å². The molecule has 2 aromatic rings. The molecule has 27 heavy (non-hydrogen) atoms. The lowest BCUT2D eigenvalue weighted by Crippen LogP contribution is -2.34. The number of carbonyl (C=O) groups is 1. The van der Waals surface area contributed by atoms with E-state index in [-0.39, 0.29) is 5.91 Å². The zero-order valence-electron chi connectivity index (χ0n) is 16.0. The molecule has 142 valence electrons. The molecule has 6 heteroatoms. The van der Waals surface area contributed by atoms with Crippen molar-refractivity contribution < 1.29 is 4.79 Å². The summed E-state index contributed by atoms with van der Waals surface area (Å²) in [4.78, 5) is 15.1. The van der Waals surface area contributed by atoms with Gasteiger partial charge in [-0.3, -0.25) is 9.36 Å². The molecule has 0 N–H and O–H groups in total. The van der Waals surface area contributed by atoms with Gasteiger partial charge in [-0.05, 0) is 70.1 Å². The second-order valence-corrected chi connectivity index (χ2v) is 8.37. The highest BCUT2D eigenvalue weighted by atomic mass is 32.2. The van der Waals surface area contributed by atoms with Gasteiger partial charge in [-0.1, -0.05) is 30.0 Å². The monoisotopic (exact) mass is 382 g/mol. The summed E-state index contributed by atoms with van der Waals surface area (Å²) < 4.78 is 2.03. The molecule has 0 bridgehead atoms. The van der Waals surface area contributed by atoms with E-state index in [1.54, 1.807) is 0 Å². The van der Waals surface area contributed by atoms with E-state index < -0.39 is 0 Å². The smallest absolute Gasteiger partial charge is 0.237 e. The van der Waals surface area contributed by atoms with Crippen molar-refractivity contribution in [2.24, 2.45) is 0 Å². The van der Waals surface area contributed by atoms with E-state index in [4.69, 9.17) is 0 Å². The van der Waals surface area contributed by atoms with Gasteiger partial charge in [0.15, 0.2) is 5.16 Å². The summed E-state index contributed by atoms with van der Waals surface area (Å²) in [5.41, 5.74) is 3.48. The Balaban J connectivity index is 1.50. The molecule has 2 aliphatic carbocycles. The van der Waals surface area contributed by atoms with Crippen molar-refractivity contribution in [1.29, 1.82) is 0 Å². The minimum atomic E-state index is 0.201. The SMILES string of the molecule is Cc1cccc(-n2c(C)nnc2SCC(=O)N(C2=CCCCC2)C2CC2)c1. The molecule has 0 aliphatic heterocycles. The number of hydrogen-bond acceptors (Lipinski definition) is 4. The van der Waals surface area contributed by atoms with Crippen LogP contribution in [0.25, 0.3) is 5.69 Å². The van der Waals surface area contributed by atoms with Crippen molar-refractivity contribution in [3.63, 3.8) is 0 Å². The number of aryl methyl sites for hydroxylation is 2. The van der Waals surface area contributed by atoms with E-state index in [0.29, 0.717) is 11.8 Å². The first-order valence-electron chi connectivity index (χ1n) is 9.76. The summed E-state index contributed by atoms with van der Waals surface area (Å²) >= 11 is 1.49. The fraction of sp³-hybridized carbons (Fsp3) is 0.476. The van der Waals surface area contributed by atoms with Gasteiger partial charge in [0, 0.05) is 17.4 Å². The number of aromatic nitrogens is 3. The van der Waals surface area contributed by atoms with Gasteiger partial charge in [-0.25, -0.2) is 0 Å². The van der Waals surface area contributed by atoms with Crippen LogP contribution in [0.3, 0.4) is 0 Å². The molecule has 1 aromatic heterocycles. The highest BCUT2D eigenvalue weighted by molar-refractivity contribution is 7.99. The predicted molar refractivity (Wildman–Crippen MR) is 108 cm³/mol. The molecule has 1 aromatic carbocycles. The Morgan fingerprint density at radius 1 is 1.26 bits per heavy atom. The lowest BCUT2D eigenvalue weighted by atomic mass is 10.0. The number of allylic oxidation sites excluding steroid dienone is 2. The van der Waals surface area contributed by atoms with Crippen LogP contribution in [0.15, 0.2) is 41.2 Å². The first-order chi connectivity index (χ1) is 13.1. The van der Waals surface area contributed by atoms with E-state index in [2.05, 4.69) is 46.3 Å². The average Bonchev–Trinajstić information content (AvgIpc) is 3.43. The van der Waals surface area contributed by atoms with Crippen LogP contribution in [0.5, 0.6) is 0 Å². The van der Waals surface area contributed by atoms with Crippen LogP contribution in [0.4, 0.5) is 0 Å². The van der Waals surface area contributed by atoms with Gasteiger partial charge in [0.2, 0.25) is 5.91 Å². The van der Waals surface area contributed by atoms with Crippen LogP contribution in [0, 0.1) is 13.8 Å². The zero-order chi connectivity index (χ0) is 18.8. The lowest BCUT2D eigenvalue weighted by molar-refractivity contribution is -0.127. The molecular formula is C21H26N4OS. The van der Waals surface area contributed by atoms with Crippen molar-refractivity contribution in [3.05, 3.63) is 47.4 Å². The molecule has 0 radical (unpaired) electrons. The Hall–Kier alpha value is -2.08. The van der Waals surface area contributed by atoms with Crippen LogP contribution in [0.1, 0.15) is 49.9 Å². The van der Waals surface area contributed by atoms with E-state index in [0.717, 1.165) is 42.4 Å². The average molecular weight is 383 g/mol. The molecular weight excluding hydrogens is 356 g/mol. The van der Waals surface area contributed by atoms with Gasteiger partial charge >= 0.3 is 0 Å².